The molecule has 21 heavy (non-hydrogen) atoms. The summed E-state index contributed by atoms with van der Waals surface area (Å²) in [4.78, 5) is 23.1. The van der Waals surface area contributed by atoms with E-state index in [9.17, 15) is 9.59 Å². The number of amides is 1. The van der Waals surface area contributed by atoms with Gasteiger partial charge in [0.25, 0.3) is 5.91 Å². The van der Waals surface area contributed by atoms with Gasteiger partial charge in [-0.3, -0.25) is 4.79 Å². The first-order valence-electron chi connectivity index (χ1n) is 7.34. The van der Waals surface area contributed by atoms with Crippen LogP contribution in [-0.4, -0.2) is 24.5 Å². The van der Waals surface area contributed by atoms with Crippen LogP contribution >= 0.6 is 0 Å². The Kier molecular flexibility index (Phi) is 5.55. The molecule has 2 rings (SSSR count). The summed E-state index contributed by atoms with van der Waals surface area (Å²) in [7, 11) is 0. The van der Waals surface area contributed by atoms with Crippen molar-refractivity contribution in [1.29, 1.82) is 0 Å². The van der Waals surface area contributed by atoms with E-state index in [2.05, 4.69) is 5.32 Å². The van der Waals surface area contributed by atoms with Crippen LogP contribution in [0, 0.1) is 6.92 Å². The van der Waals surface area contributed by atoms with Gasteiger partial charge in [0.2, 0.25) is 0 Å². The monoisotopic (exact) mass is 287 g/mol. The van der Waals surface area contributed by atoms with E-state index in [-0.39, 0.29) is 18.6 Å². The quantitative estimate of drug-likeness (QED) is 0.669. The van der Waals surface area contributed by atoms with Crippen molar-refractivity contribution in [2.45, 2.75) is 38.6 Å². The smallest absolute Gasteiger partial charge is 0.331 e. The van der Waals surface area contributed by atoms with Gasteiger partial charge in [-0.05, 0) is 31.4 Å². The van der Waals surface area contributed by atoms with Crippen LogP contribution in [0.2, 0.25) is 0 Å². The standard InChI is InChI=1S/C17H21NO3/c1-13-6-8-14(9-7-13)10-11-17(20)21-12-16(19)18-15-4-2-3-5-15/h6-11,15H,2-5,12H2,1H3,(H,18,19)/b11-10+. The molecule has 1 aromatic rings. The summed E-state index contributed by atoms with van der Waals surface area (Å²) in [6.45, 7) is 1.79. The summed E-state index contributed by atoms with van der Waals surface area (Å²) in [5.74, 6) is -0.726. The predicted octanol–water partition coefficient (Wildman–Crippen LogP) is 2.61. The first-order chi connectivity index (χ1) is 10.1. The molecule has 1 aliphatic carbocycles. The Bertz CT molecular complexity index is 513. The lowest BCUT2D eigenvalue weighted by Crippen LogP contribution is -2.35. The van der Waals surface area contributed by atoms with Crippen LogP contribution in [0.15, 0.2) is 30.3 Å². The molecule has 0 unspecified atom stereocenters. The van der Waals surface area contributed by atoms with Gasteiger partial charge >= 0.3 is 5.97 Å². The second kappa shape index (κ2) is 7.62. The third-order valence-electron chi connectivity index (χ3n) is 3.56. The molecular formula is C17H21NO3. The Balaban J connectivity index is 1.71. The van der Waals surface area contributed by atoms with Gasteiger partial charge in [-0.2, -0.15) is 0 Å². The van der Waals surface area contributed by atoms with Crippen molar-refractivity contribution < 1.29 is 14.3 Å². The Hall–Kier alpha value is -2.10. The van der Waals surface area contributed by atoms with Crippen molar-refractivity contribution in [3.63, 3.8) is 0 Å². The fraction of sp³-hybridized carbons (Fsp3) is 0.412. The largest absolute Gasteiger partial charge is 0.452 e. The summed E-state index contributed by atoms with van der Waals surface area (Å²) in [5.41, 5.74) is 2.09. The summed E-state index contributed by atoms with van der Waals surface area (Å²) in [5, 5.41) is 2.87. The molecule has 4 nitrogen and oxygen atoms in total. The number of carbonyl (C=O) groups is 2. The van der Waals surface area contributed by atoms with Crippen molar-refractivity contribution in [3.8, 4) is 0 Å². The number of rotatable bonds is 5. The number of ether oxygens (including phenoxy) is 1. The van der Waals surface area contributed by atoms with Crippen molar-refractivity contribution in [3.05, 3.63) is 41.5 Å². The zero-order valence-electron chi connectivity index (χ0n) is 12.3. The Labute approximate surface area is 125 Å². The van der Waals surface area contributed by atoms with Gasteiger partial charge < -0.3 is 10.1 Å². The van der Waals surface area contributed by atoms with Crippen LogP contribution in [0.4, 0.5) is 0 Å². The molecule has 0 bridgehead atoms. The highest BCUT2D eigenvalue weighted by atomic mass is 16.5. The molecule has 0 aliphatic heterocycles. The van der Waals surface area contributed by atoms with E-state index in [0.717, 1.165) is 31.2 Å². The molecule has 1 N–H and O–H groups in total. The maximum atomic E-state index is 11.6. The van der Waals surface area contributed by atoms with Crippen LogP contribution in [-0.2, 0) is 14.3 Å². The fourth-order valence-corrected chi connectivity index (χ4v) is 2.37. The summed E-state index contributed by atoms with van der Waals surface area (Å²) in [6.07, 6.45) is 7.37. The lowest BCUT2D eigenvalue weighted by atomic mass is 10.1. The van der Waals surface area contributed by atoms with E-state index < -0.39 is 5.97 Å². The number of hydrogen-bond donors (Lipinski definition) is 1. The molecule has 1 amide bonds. The normalized spacial score (nSPS) is 15.3. The molecule has 0 aromatic heterocycles. The van der Waals surface area contributed by atoms with Crippen LogP contribution in [0.1, 0.15) is 36.8 Å². The number of nitrogens with one attached hydrogen (secondary N) is 1. The van der Waals surface area contributed by atoms with Crippen molar-refractivity contribution in [2.24, 2.45) is 0 Å². The van der Waals surface area contributed by atoms with Gasteiger partial charge in [-0.15, -0.1) is 0 Å². The molecule has 112 valence electrons. The SMILES string of the molecule is Cc1ccc(/C=C/C(=O)OCC(=O)NC2CCCC2)cc1. The van der Waals surface area contributed by atoms with Gasteiger partial charge in [-0.1, -0.05) is 42.7 Å². The highest BCUT2D eigenvalue weighted by Gasteiger charge is 2.17. The molecule has 0 saturated heterocycles. The fourth-order valence-electron chi connectivity index (χ4n) is 2.37. The average molecular weight is 287 g/mol. The van der Waals surface area contributed by atoms with E-state index in [1.807, 2.05) is 31.2 Å². The number of aryl methyl sites for hydroxylation is 1. The molecule has 0 radical (unpaired) electrons. The Morgan fingerprint density at radius 3 is 2.57 bits per heavy atom. The second-order valence-corrected chi connectivity index (χ2v) is 5.40. The van der Waals surface area contributed by atoms with Gasteiger partial charge in [-0.25, -0.2) is 4.79 Å². The van der Waals surface area contributed by atoms with Gasteiger partial charge in [0, 0.05) is 12.1 Å². The lowest BCUT2D eigenvalue weighted by Gasteiger charge is -2.11. The minimum absolute atomic E-state index is 0.215. The predicted molar refractivity (Wildman–Crippen MR) is 81.6 cm³/mol. The molecule has 1 saturated carbocycles. The van der Waals surface area contributed by atoms with Crippen LogP contribution in [0.5, 0.6) is 0 Å². The van der Waals surface area contributed by atoms with Gasteiger partial charge in [0.05, 0.1) is 0 Å². The van der Waals surface area contributed by atoms with Crippen LogP contribution in [0.3, 0.4) is 0 Å². The Morgan fingerprint density at radius 2 is 1.90 bits per heavy atom. The summed E-state index contributed by atoms with van der Waals surface area (Å²) >= 11 is 0. The van der Waals surface area contributed by atoms with E-state index in [1.54, 1.807) is 6.08 Å². The van der Waals surface area contributed by atoms with Gasteiger partial charge in [0.1, 0.15) is 0 Å². The molecule has 1 aliphatic rings. The summed E-state index contributed by atoms with van der Waals surface area (Å²) < 4.78 is 4.92. The van der Waals surface area contributed by atoms with Crippen molar-refractivity contribution >= 4 is 18.0 Å². The molecule has 1 fully saturated rings. The molecular weight excluding hydrogens is 266 g/mol. The highest BCUT2D eigenvalue weighted by molar-refractivity contribution is 5.89. The number of esters is 1. The minimum atomic E-state index is -0.503. The maximum Gasteiger partial charge on any atom is 0.331 e. The molecule has 0 atom stereocenters. The summed E-state index contributed by atoms with van der Waals surface area (Å²) in [6, 6.07) is 8.04. The molecule has 0 heterocycles. The number of benzene rings is 1. The van der Waals surface area contributed by atoms with Gasteiger partial charge in [0.15, 0.2) is 6.61 Å². The lowest BCUT2D eigenvalue weighted by molar-refractivity contribution is -0.144. The molecule has 1 aromatic carbocycles. The van der Waals surface area contributed by atoms with E-state index in [0.29, 0.717) is 0 Å². The second-order valence-electron chi connectivity index (χ2n) is 5.40. The third kappa shape index (κ3) is 5.42. The number of carbonyl (C=O) groups excluding carboxylic acids is 2. The van der Waals surface area contributed by atoms with Crippen LogP contribution < -0.4 is 5.32 Å². The zero-order valence-corrected chi connectivity index (χ0v) is 12.3. The van der Waals surface area contributed by atoms with E-state index >= 15 is 0 Å². The average Bonchev–Trinajstić information content (AvgIpc) is 2.97. The van der Waals surface area contributed by atoms with Crippen LogP contribution in [0.25, 0.3) is 6.08 Å². The van der Waals surface area contributed by atoms with E-state index in [4.69, 9.17) is 4.74 Å². The first-order valence-corrected chi connectivity index (χ1v) is 7.34. The molecule has 0 spiro atoms. The molecule has 4 heteroatoms. The minimum Gasteiger partial charge on any atom is -0.452 e. The first kappa shape index (κ1) is 15.3. The Morgan fingerprint density at radius 1 is 1.24 bits per heavy atom. The van der Waals surface area contributed by atoms with Crippen molar-refractivity contribution in [1.82, 2.24) is 5.32 Å². The van der Waals surface area contributed by atoms with Crippen molar-refractivity contribution in [2.75, 3.05) is 6.61 Å². The third-order valence-corrected chi connectivity index (χ3v) is 3.56. The maximum absolute atomic E-state index is 11.6. The van der Waals surface area contributed by atoms with E-state index in [1.165, 1.54) is 11.6 Å². The topological polar surface area (TPSA) is 55.4 Å². The number of hydrogen-bond acceptors (Lipinski definition) is 3. The zero-order chi connectivity index (χ0) is 15.1. The highest BCUT2D eigenvalue weighted by Crippen LogP contribution is 2.17.